The molecule has 0 aromatic carbocycles. The van der Waals surface area contributed by atoms with E-state index >= 15 is 0 Å². The molecule has 0 amide bonds. The summed E-state index contributed by atoms with van der Waals surface area (Å²) in [6.07, 6.45) is 1.28. The summed E-state index contributed by atoms with van der Waals surface area (Å²) in [7, 11) is 5.30. The Morgan fingerprint density at radius 2 is 2.33 bits per heavy atom. The number of nitrogens with two attached hydrogens (primary N) is 2. The predicted molar refractivity (Wildman–Crippen MR) is 44.3 cm³/mol. The van der Waals surface area contributed by atoms with E-state index in [-0.39, 0.29) is 22.9 Å². The molecule has 1 aromatic rings. The van der Waals surface area contributed by atoms with Gasteiger partial charge < -0.3 is 16.7 Å². The second kappa shape index (κ2) is 3.08. The third-order valence-corrected chi connectivity index (χ3v) is 1.17. The van der Waals surface area contributed by atoms with Gasteiger partial charge in [-0.3, -0.25) is 4.98 Å². The van der Waals surface area contributed by atoms with Gasteiger partial charge in [0.2, 0.25) is 0 Å². The summed E-state index contributed by atoms with van der Waals surface area (Å²) in [5, 5.41) is 11.0. The molecule has 0 spiro atoms. The first-order valence-electron chi connectivity index (χ1n) is 3.01. The molecular formula is C5H6BN5O. The average molecular weight is 163 g/mol. The van der Waals surface area contributed by atoms with Crippen LogP contribution in [0.2, 0.25) is 0 Å². The lowest BCUT2D eigenvalue weighted by Gasteiger charge is -2.01. The molecule has 0 unspecified atom stereocenters. The normalized spacial score (nSPS) is 11.5. The summed E-state index contributed by atoms with van der Waals surface area (Å²) in [6.45, 7) is 0. The largest absolute Gasteiger partial charge is 0.409 e. The summed E-state index contributed by atoms with van der Waals surface area (Å²) >= 11 is 0. The van der Waals surface area contributed by atoms with Crippen LogP contribution < -0.4 is 17.1 Å². The van der Waals surface area contributed by atoms with E-state index in [2.05, 4.69) is 15.1 Å². The van der Waals surface area contributed by atoms with Crippen LogP contribution in [0, 0.1) is 0 Å². The van der Waals surface area contributed by atoms with Gasteiger partial charge in [-0.05, 0) is 0 Å². The van der Waals surface area contributed by atoms with E-state index in [0.29, 0.717) is 0 Å². The number of nitrogens with zero attached hydrogens (tertiary/aromatic N) is 3. The minimum atomic E-state index is -0.215. The maximum absolute atomic E-state index is 8.30. The van der Waals surface area contributed by atoms with E-state index in [1.165, 1.54) is 6.20 Å². The Morgan fingerprint density at radius 1 is 1.67 bits per heavy atom. The van der Waals surface area contributed by atoms with Crippen LogP contribution in [0.5, 0.6) is 0 Å². The number of amidine groups is 1. The standard InChI is InChI=1S/C5H6BN5O/c6-2-1-9-4(7)3(10-2)5(8)11-12/h1,12H,(H2,7,9)(H2,8,11). The smallest absolute Gasteiger partial charge is 0.192 e. The molecule has 1 aromatic heterocycles. The van der Waals surface area contributed by atoms with Crippen molar-refractivity contribution in [2.24, 2.45) is 10.9 Å². The zero-order chi connectivity index (χ0) is 9.14. The van der Waals surface area contributed by atoms with Gasteiger partial charge >= 0.3 is 0 Å². The van der Waals surface area contributed by atoms with E-state index < -0.39 is 0 Å². The van der Waals surface area contributed by atoms with Gasteiger partial charge in [0.25, 0.3) is 0 Å². The average Bonchev–Trinajstić information content (AvgIpc) is 2.08. The topological polar surface area (TPSA) is 110 Å². The van der Waals surface area contributed by atoms with Crippen LogP contribution in [-0.2, 0) is 0 Å². The third-order valence-electron chi connectivity index (χ3n) is 1.17. The number of nitrogen functional groups attached to an aromatic ring is 1. The van der Waals surface area contributed by atoms with Crippen LogP contribution in [-0.4, -0.2) is 28.9 Å². The van der Waals surface area contributed by atoms with Crippen LogP contribution in [0.4, 0.5) is 5.82 Å². The molecule has 12 heavy (non-hydrogen) atoms. The summed E-state index contributed by atoms with van der Waals surface area (Å²) < 4.78 is 0. The van der Waals surface area contributed by atoms with Crippen LogP contribution in [0.3, 0.4) is 0 Å². The highest BCUT2D eigenvalue weighted by molar-refractivity contribution is 6.30. The van der Waals surface area contributed by atoms with E-state index in [4.69, 9.17) is 24.5 Å². The second-order valence-corrected chi connectivity index (χ2v) is 2.01. The lowest BCUT2D eigenvalue weighted by molar-refractivity contribution is 0.318. The third kappa shape index (κ3) is 1.44. The monoisotopic (exact) mass is 163 g/mol. The molecule has 0 aliphatic carbocycles. The van der Waals surface area contributed by atoms with Crippen molar-refractivity contribution < 1.29 is 5.21 Å². The second-order valence-electron chi connectivity index (χ2n) is 2.01. The van der Waals surface area contributed by atoms with Gasteiger partial charge in [0.05, 0.1) is 0 Å². The highest BCUT2D eigenvalue weighted by atomic mass is 16.4. The van der Waals surface area contributed by atoms with Crippen LogP contribution >= 0.6 is 0 Å². The van der Waals surface area contributed by atoms with Gasteiger partial charge in [0.15, 0.2) is 11.7 Å². The number of rotatable bonds is 1. The zero-order valence-corrected chi connectivity index (χ0v) is 6.10. The van der Waals surface area contributed by atoms with Gasteiger partial charge in [0.1, 0.15) is 13.5 Å². The van der Waals surface area contributed by atoms with Crippen molar-refractivity contribution in [2.75, 3.05) is 5.73 Å². The molecule has 1 heterocycles. The number of aromatic nitrogens is 2. The van der Waals surface area contributed by atoms with E-state index in [1.54, 1.807) is 0 Å². The van der Waals surface area contributed by atoms with Crippen molar-refractivity contribution in [1.82, 2.24) is 9.97 Å². The molecule has 60 valence electrons. The molecule has 1 rings (SSSR count). The first-order valence-corrected chi connectivity index (χ1v) is 3.01. The van der Waals surface area contributed by atoms with Crippen LogP contribution in [0.15, 0.2) is 11.4 Å². The first-order chi connectivity index (χ1) is 5.65. The Morgan fingerprint density at radius 3 is 2.92 bits per heavy atom. The Bertz CT molecular complexity index is 326. The molecule has 7 heteroatoms. The number of anilines is 1. The number of hydrogen-bond donors (Lipinski definition) is 3. The lowest BCUT2D eigenvalue weighted by Crippen LogP contribution is -2.23. The maximum atomic E-state index is 8.30. The van der Waals surface area contributed by atoms with Crippen molar-refractivity contribution in [3.63, 3.8) is 0 Å². The van der Waals surface area contributed by atoms with E-state index in [9.17, 15) is 0 Å². The number of hydrogen-bond acceptors (Lipinski definition) is 5. The molecule has 0 bridgehead atoms. The fourth-order valence-electron chi connectivity index (χ4n) is 0.648. The highest BCUT2D eigenvalue weighted by Gasteiger charge is 2.06. The lowest BCUT2D eigenvalue weighted by atomic mass is 10.1. The molecule has 0 saturated carbocycles. The minimum absolute atomic E-state index is 0.0690. The zero-order valence-electron chi connectivity index (χ0n) is 6.10. The molecule has 0 saturated heterocycles. The van der Waals surface area contributed by atoms with Crippen LogP contribution in [0.1, 0.15) is 5.69 Å². The maximum Gasteiger partial charge on any atom is 0.192 e. The quantitative estimate of drug-likeness (QED) is 0.145. The van der Waals surface area contributed by atoms with E-state index in [1.807, 2.05) is 0 Å². The highest BCUT2D eigenvalue weighted by Crippen LogP contribution is 1.99. The summed E-state index contributed by atoms with van der Waals surface area (Å²) in [4.78, 5) is 7.38. The fraction of sp³-hybridized carbons (Fsp3) is 0. The Labute approximate surface area is 69.7 Å². The summed E-state index contributed by atoms with van der Waals surface area (Å²) in [6, 6.07) is 0. The van der Waals surface area contributed by atoms with Gasteiger partial charge in [-0.25, -0.2) is 4.98 Å². The van der Waals surface area contributed by atoms with Gasteiger partial charge in [-0.1, -0.05) is 5.16 Å². The minimum Gasteiger partial charge on any atom is -0.409 e. The van der Waals surface area contributed by atoms with E-state index in [0.717, 1.165) is 0 Å². The van der Waals surface area contributed by atoms with Crippen molar-refractivity contribution in [3.05, 3.63) is 11.9 Å². The van der Waals surface area contributed by atoms with Gasteiger partial charge in [-0.2, -0.15) is 0 Å². The molecule has 0 aliphatic rings. The molecule has 0 fully saturated rings. The van der Waals surface area contributed by atoms with Gasteiger partial charge in [0, 0.05) is 11.8 Å². The van der Waals surface area contributed by atoms with Crippen molar-refractivity contribution in [2.45, 2.75) is 0 Å². The van der Waals surface area contributed by atoms with Crippen molar-refractivity contribution >= 4 is 25.1 Å². The van der Waals surface area contributed by atoms with Crippen LogP contribution in [0.25, 0.3) is 0 Å². The first kappa shape index (κ1) is 8.31. The molecule has 0 atom stereocenters. The molecule has 6 nitrogen and oxygen atoms in total. The molecule has 5 N–H and O–H groups in total. The molecule has 2 radical (unpaired) electrons. The summed E-state index contributed by atoms with van der Waals surface area (Å²) in [5.41, 5.74) is 10.8. The fourth-order valence-corrected chi connectivity index (χ4v) is 0.648. The van der Waals surface area contributed by atoms with Gasteiger partial charge in [-0.15, -0.1) is 0 Å². The number of oxime groups is 1. The molecule has 0 aliphatic heterocycles. The molecular weight excluding hydrogens is 157 g/mol. The summed E-state index contributed by atoms with van der Waals surface area (Å²) in [5.74, 6) is -0.146. The Hall–Kier alpha value is -1.79. The van der Waals surface area contributed by atoms with Crippen molar-refractivity contribution in [3.8, 4) is 0 Å². The predicted octanol–water partition coefficient (Wildman–Crippen LogP) is -2.05. The Kier molecular flexibility index (Phi) is 2.13. The Balaban J connectivity index is 3.23. The SMILES string of the molecule is [B]c1cnc(N)c(/C(N)=N/O)n1. The van der Waals surface area contributed by atoms with Crippen molar-refractivity contribution in [1.29, 1.82) is 0 Å².